The van der Waals surface area contributed by atoms with E-state index < -0.39 is 5.95 Å². The predicted molar refractivity (Wildman–Crippen MR) is 68.0 cm³/mol. The molecule has 2 saturated heterocycles. The van der Waals surface area contributed by atoms with Crippen molar-refractivity contribution in [2.45, 2.75) is 25.3 Å². The normalized spacial score (nSPS) is 29.1. The molecule has 18 heavy (non-hydrogen) atoms. The molecule has 2 aliphatic heterocycles. The van der Waals surface area contributed by atoms with E-state index in [2.05, 4.69) is 26.8 Å². The molecule has 2 aliphatic rings. The van der Waals surface area contributed by atoms with Crippen LogP contribution in [0.1, 0.15) is 19.3 Å². The van der Waals surface area contributed by atoms with Crippen molar-refractivity contribution in [3.05, 3.63) is 18.3 Å². The zero-order valence-corrected chi connectivity index (χ0v) is 10.7. The number of halogens is 1. The van der Waals surface area contributed by atoms with Gasteiger partial charge in [0.25, 0.3) is 0 Å². The van der Waals surface area contributed by atoms with Crippen LogP contribution in [-0.4, -0.2) is 47.6 Å². The average molecular weight is 250 g/mol. The number of nitrogens with zero attached hydrogens (tertiary/aromatic N) is 4. The van der Waals surface area contributed by atoms with E-state index in [1.165, 1.54) is 31.8 Å². The Hall–Kier alpha value is -1.23. The number of rotatable bonds is 1. The third-order valence-corrected chi connectivity index (χ3v) is 4.29. The lowest BCUT2D eigenvalue weighted by Gasteiger charge is -2.46. The lowest BCUT2D eigenvalue weighted by Crippen LogP contribution is -2.52. The van der Waals surface area contributed by atoms with Crippen LogP contribution in [0.4, 0.5) is 10.2 Å². The van der Waals surface area contributed by atoms with E-state index in [1.54, 1.807) is 0 Å². The third-order valence-electron chi connectivity index (χ3n) is 4.29. The van der Waals surface area contributed by atoms with Crippen LogP contribution in [0.5, 0.6) is 0 Å². The molecule has 2 fully saturated rings. The van der Waals surface area contributed by atoms with E-state index in [0.29, 0.717) is 12.0 Å². The highest BCUT2D eigenvalue weighted by molar-refractivity contribution is 5.37. The van der Waals surface area contributed by atoms with Crippen LogP contribution in [0.3, 0.4) is 0 Å². The van der Waals surface area contributed by atoms with Gasteiger partial charge in [0, 0.05) is 25.2 Å². The lowest BCUT2D eigenvalue weighted by atomic mass is 9.84. The van der Waals surface area contributed by atoms with Crippen LogP contribution in [0.25, 0.3) is 0 Å². The summed E-state index contributed by atoms with van der Waals surface area (Å²) in [6.07, 6.45) is 5.00. The first-order valence-corrected chi connectivity index (χ1v) is 6.67. The minimum absolute atomic E-state index is 0.442. The van der Waals surface area contributed by atoms with Crippen LogP contribution in [0.2, 0.25) is 0 Å². The molecule has 0 spiro atoms. The maximum absolute atomic E-state index is 13.1. The highest BCUT2D eigenvalue weighted by atomic mass is 19.1. The van der Waals surface area contributed by atoms with E-state index in [0.717, 1.165) is 25.3 Å². The SMILES string of the molecule is CN1CCCC2CN(c3cc(F)ncn3)CCC21. The summed E-state index contributed by atoms with van der Waals surface area (Å²) in [6.45, 7) is 3.16. The van der Waals surface area contributed by atoms with Crippen molar-refractivity contribution in [2.75, 3.05) is 31.6 Å². The summed E-state index contributed by atoms with van der Waals surface area (Å²) in [5, 5.41) is 0. The molecule has 4 nitrogen and oxygen atoms in total. The van der Waals surface area contributed by atoms with Gasteiger partial charge in [0.1, 0.15) is 12.1 Å². The number of piperidine rings is 2. The summed E-state index contributed by atoms with van der Waals surface area (Å²) in [5.41, 5.74) is 0. The van der Waals surface area contributed by atoms with Crippen molar-refractivity contribution < 1.29 is 4.39 Å². The highest BCUT2D eigenvalue weighted by Gasteiger charge is 2.34. The molecule has 0 aliphatic carbocycles. The number of fused-ring (bicyclic) bond motifs is 1. The van der Waals surface area contributed by atoms with Gasteiger partial charge in [0.05, 0.1) is 0 Å². The van der Waals surface area contributed by atoms with Gasteiger partial charge in [-0.3, -0.25) is 0 Å². The molecule has 3 heterocycles. The Morgan fingerprint density at radius 2 is 2.17 bits per heavy atom. The van der Waals surface area contributed by atoms with Crippen molar-refractivity contribution in [1.82, 2.24) is 14.9 Å². The first kappa shape index (κ1) is 11.8. The van der Waals surface area contributed by atoms with Crippen molar-refractivity contribution in [1.29, 1.82) is 0 Å². The number of hydrogen-bond acceptors (Lipinski definition) is 4. The van der Waals surface area contributed by atoms with Gasteiger partial charge in [-0.05, 0) is 38.8 Å². The van der Waals surface area contributed by atoms with Crippen molar-refractivity contribution in [3.63, 3.8) is 0 Å². The topological polar surface area (TPSA) is 32.3 Å². The summed E-state index contributed by atoms with van der Waals surface area (Å²) in [7, 11) is 2.22. The van der Waals surface area contributed by atoms with Gasteiger partial charge in [-0.1, -0.05) is 0 Å². The van der Waals surface area contributed by atoms with Gasteiger partial charge in [0.15, 0.2) is 0 Å². The minimum Gasteiger partial charge on any atom is -0.356 e. The van der Waals surface area contributed by atoms with E-state index in [-0.39, 0.29) is 0 Å². The molecule has 2 unspecified atom stereocenters. The van der Waals surface area contributed by atoms with Crippen LogP contribution in [0.15, 0.2) is 12.4 Å². The van der Waals surface area contributed by atoms with E-state index in [9.17, 15) is 4.39 Å². The second-order valence-electron chi connectivity index (χ2n) is 5.38. The Bertz CT molecular complexity index is 425. The molecule has 0 amide bonds. The molecule has 2 atom stereocenters. The summed E-state index contributed by atoms with van der Waals surface area (Å²) >= 11 is 0. The first-order valence-electron chi connectivity index (χ1n) is 6.67. The Labute approximate surface area is 107 Å². The number of aromatic nitrogens is 2. The number of likely N-dealkylation sites (tertiary alicyclic amines) is 1. The molecule has 1 aromatic rings. The molecular weight excluding hydrogens is 231 g/mol. The zero-order valence-electron chi connectivity index (χ0n) is 10.7. The fourth-order valence-electron chi connectivity index (χ4n) is 3.36. The highest BCUT2D eigenvalue weighted by Crippen LogP contribution is 2.31. The van der Waals surface area contributed by atoms with Crippen molar-refractivity contribution in [3.8, 4) is 0 Å². The van der Waals surface area contributed by atoms with Crippen LogP contribution < -0.4 is 4.90 Å². The van der Waals surface area contributed by atoms with Crippen molar-refractivity contribution in [2.24, 2.45) is 5.92 Å². The fourth-order valence-corrected chi connectivity index (χ4v) is 3.36. The smallest absolute Gasteiger partial charge is 0.218 e. The first-order chi connectivity index (χ1) is 8.74. The second-order valence-corrected chi connectivity index (χ2v) is 5.38. The standard InChI is InChI=1S/C13H19FN4/c1-17-5-2-3-10-8-18(6-4-11(10)17)13-7-12(14)15-9-16-13/h7,9-11H,2-6,8H2,1H3. The monoisotopic (exact) mass is 250 g/mol. The molecule has 0 radical (unpaired) electrons. The Balaban J connectivity index is 1.74. The van der Waals surface area contributed by atoms with Gasteiger partial charge < -0.3 is 9.80 Å². The summed E-state index contributed by atoms with van der Waals surface area (Å²) in [4.78, 5) is 12.4. The molecular formula is C13H19FN4. The molecule has 98 valence electrons. The summed E-state index contributed by atoms with van der Waals surface area (Å²) in [5.74, 6) is 0.979. The lowest BCUT2D eigenvalue weighted by molar-refractivity contribution is 0.102. The van der Waals surface area contributed by atoms with Crippen LogP contribution in [0, 0.1) is 11.9 Å². The van der Waals surface area contributed by atoms with Gasteiger partial charge in [-0.25, -0.2) is 9.97 Å². The molecule has 1 aromatic heterocycles. The Morgan fingerprint density at radius 3 is 3.00 bits per heavy atom. The largest absolute Gasteiger partial charge is 0.356 e. The van der Waals surface area contributed by atoms with E-state index >= 15 is 0 Å². The van der Waals surface area contributed by atoms with Gasteiger partial charge in [-0.2, -0.15) is 4.39 Å². The van der Waals surface area contributed by atoms with Crippen molar-refractivity contribution >= 4 is 5.82 Å². The molecule has 0 saturated carbocycles. The molecule has 0 bridgehead atoms. The fraction of sp³-hybridized carbons (Fsp3) is 0.692. The molecule has 3 rings (SSSR count). The maximum atomic E-state index is 13.1. The van der Waals surface area contributed by atoms with Gasteiger partial charge in [0.2, 0.25) is 5.95 Å². The molecule has 0 aromatic carbocycles. The maximum Gasteiger partial charge on any atom is 0.218 e. The van der Waals surface area contributed by atoms with E-state index in [1.807, 2.05) is 0 Å². The number of hydrogen-bond donors (Lipinski definition) is 0. The Morgan fingerprint density at radius 1 is 1.28 bits per heavy atom. The quantitative estimate of drug-likeness (QED) is 0.708. The third kappa shape index (κ3) is 2.19. The molecule has 0 N–H and O–H groups in total. The second kappa shape index (κ2) is 4.80. The minimum atomic E-state index is -0.442. The average Bonchev–Trinajstić information content (AvgIpc) is 2.39. The van der Waals surface area contributed by atoms with Gasteiger partial charge >= 0.3 is 0 Å². The number of anilines is 1. The van der Waals surface area contributed by atoms with Gasteiger partial charge in [-0.15, -0.1) is 0 Å². The predicted octanol–water partition coefficient (Wildman–Crippen LogP) is 1.54. The summed E-state index contributed by atoms with van der Waals surface area (Å²) < 4.78 is 13.1. The zero-order chi connectivity index (χ0) is 12.5. The Kier molecular flexibility index (Phi) is 3.16. The summed E-state index contributed by atoms with van der Waals surface area (Å²) in [6, 6.07) is 2.13. The van der Waals surface area contributed by atoms with E-state index in [4.69, 9.17) is 0 Å². The molecule has 5 heteroatoms. The van der Waals surface area contributed by atoms with Crippen LogP contribution >= 0.6 is 0 Å². The van der Waals surface area contributed by atoms with Crippen LogP contribution in [-0.2, 0) is 0 Å².